The smallest absolute Gasteiger partial charge is 0.264 e. The summed E-state index contributed by atoms with van der Waals surface area (Å²) >= 11 is 0. The van der Waals surface area contributed by atoms with E-state index in [9.17, 15) is 21.9 Å². The second-order valence-corrected chi connectivity index (χ2v) is 10.8. The van der Waals surface area contributed by atoms with Crippen molar-refractivity contribution >= 4 is 31.2 Å². The predicted octanol–water partition coefficient (Wildman–Crippen LogP) is 1.24. The molecule has 0 aromatic heterocycles. The minimum Gasteiger partial charge on any atom is -0.399 e. The van der Waals surface area contributed by atoms with Gasteiger partial charge in [0.05, 0.1) is 34.2 Å². The van der Waals surface area contributed by atoms with Crippen molar-refractivity contribution in [3.05, 3.63) is 53.6 Å². The molecule has 1 saturated heterocycles. The van der Waals surface area contributed by atoms with E-state index < -0.39 is 43.5 Å². The number of nitrogen functional groups attached to an aromatic ring is 1. The standard InChI is InChI=1S/C18H22N2O5S2/c1-12-3-8-16(9-13(12)2)27(24,25)20(15-6-4-14(19)5-7-15)17-10-26(22,23)11-18(17)21/h3-9,17-18,21H,10-11,19H2,1-2H3/t17-,18-/m1/s1. The number of anilines is 2. The number of benzene rings is 2. The number of aryl methyl sites for hydroxylation is 2. The summed E-state index contributed by atoms with van der Waals surface area (Å²) in [7, 11) is -7.65. The van der Waals surface area contributed by atoms with Crippen molar-refractivity contribution in [2.45, 2.75) is 30.9 Å². The van der Waals surface area contributed by atoms with E-state index in [-0.39, 0.29) is 10.6 Å². The number of hydrogen-bond acceptors (Lipinski definition) is 6. The highest BCUT2D eigenvalue weighted by Crippen LogP contribution is 2.32. The number of sulfone groups is 1. The zero-order valence-corrected chi connectivity index (χ0v) is 16.7. The number of aliphatic hydroxyl groups is 1. The van der Waals surface area contributed by atoms with Crippen molar-refractivity contribution < 1.29 is 21.9 Å². The van der Waals surface area contributed by atoms with Crippen LogP contribution in [0.2, 0.25) is 0 Å². The molecule has 146 valence electrons. The lowest BCUT2D eigenvalue weighted by Crippen LogP contribution is -2.47. The molecule has 0 radical (unpaired) electrons. The Balaban J connectivity index is 2.17. The van der Waals surface area contributed by atoms with Crippen molar-refractivity contribution in [2.24, 2.45) is 0 Å². The number of nitrogens with zero attached hydrogens (tertiary/aromatic N) is 1. The predicted molar refractivity (Wildman–Crippen MR) is 105 cm³/mol. The molecule has 9 heteroatoms. The highest BCUT2D eigenvalue weighted by molar-refractivity contribution is 7.93. The van der Waals surface area contributed by atoms with Gasteiger partial charge >= 0.3 is 0 Å². The Morgan fingerprint density at radius 2 is 1.67 bits per heavy atom. The number of hydrogen-bond donors (Lipinski definition) is 2. The van der Waals surface area contributed by atoms with E-state index in [1.807, 2.05) is 6.92 Å². The minimum atomic E-state index is -4.10. The Hall–Kier alpha value is -2.10. The van der Waals surface area contributed by atoms with E-state index in [1.54, 1.807) is 19.1 Å². The van der Waals surface area contributed by atoms with E-state index >= 15 is 0 Å². The van der Waals surface area contributed by atoms with Crippen molar-refractivity contribution in [3.63, 3.8) is 0 Å². The third kappa shape index (κ3) is 3.80. The average Bonchev–Trinajstić information content (AvgIpc) is 2.84. The third-order valence-electron chi connectivity index (χ3n) is 4.78. The summed E-state index contributed by atoms with van der Waals surface area (Å²) in [6.45, 7) is 3.67. The molecule has 1 heterocycles. The Morgan fingerprint density at radius 1 is 1.04 bits per heavy atom. The Kier molecular flexibility index (Phi) is 4.96. The zero-order valence-electron chi connectivity index (χ0n) is 15.0. The molecule has 2 aromatic rings. The SMILES string of the molecule is Cc1ccc(S(=O)(=O)N(c2ccc(N)cc2)[C@@H]2CS(=O)(=O)C[C@H]2O)cc1C. The van der Waals surface area contributed by atoms with Crippen LogP contribution in [0.15, 0.2) is 47.4 Å². The molecular weight excluding hydrogens is 388 g/mol. The molecule has 0 amide bonds. The van der Waals surface area contributed by atoms with Crippen LogP contribution in [0.3, 0.4) is 0 Å². The molecule has 3 N–H and O–H groups in total. The molecule has 1 fully saturated rings. The first-order chi connectivity index (χ1) is 12.5. The first kappa shape index (κ1) is 19.7. The van der Waals surface area contributed by atoms with Crippen LogP contribution in [-0.2, 0) is 19.9 Å². The first-order valence-corrected chi connectivity index (χ1v) is 11.6. The molecule has 0 aliphatic carbocycles. The second kappa shape index (κ2) is 6.81. The highest BCUT2D eigenvalue weighted by atomic mass is 32.2. The summed E-state index contributed by atoms with van der Waals surface area (Å²) in [5.41, 5.74) is 8.13. The van der Waals surface area contributed by atoms with Gasteiger partial charge in [-0.05, 0) is 61.4 Å². The highest BCUT2D eigenvalue weighted by Gasteiger charge is 2.45. The second-order valence-electron chi connectivity index (χ2n) is 6.85. The first-order valence-electron chi connectivity index (χ1n) is 8.37. The topological polar surface area (TPSA) is 118 Å². The van der Waals surface area contributed by atoms with Crippen molar-refractivity contribution in [1.82, 2.24) is 0 Å². The third-order valence-corrected chi connectivity index (χ3v) is 8.33. The van der Waals surface area contributed by atoms with Crippen LogP contribution in [0.5, 0.6) is 0 Å². The van der Waals surface area contributed by atoms with E-state index in [0.29, 0.717) is 5.69 Å². The maximum absolute atomic E-state index is 13.4. The van der Waals surface area contributed by atoms with Crippen LogP contribution in [-0.4, -0.2) is 45.6 Å². The molecule has 2 aromatic carbocycles. The van der Waals surface area contributed by atoms with E-state index in [1.165, 1.54) is 30.3 Å². The molecule has 0 bridgehead atoms. The maximum atomic E-state index is 13.4. The van der Waals surface area contributed by atoms with E-state index in [0.717, 1.165) is 15.4 Å². The van der Waals surface area contributed by atoms with Crippen LogP contribution >= 0.6 is 0 Å². The van der Waals surface area contributed by atoms with Gasteiger partial charge < -0.3 is 10.8 Å². The fraction of sp³-hybridized carbons (Fsp3) is 0.333. The summed E-state index contributed by atoms with van der Waals surface area (Å²) in [6, 6.07) is 9.71. The van der Waals surface area contributed by atoms with Crippen LogP contribution < -0.4 is 10.0 Å². The summed E-state index contributed by atoms with van der Waals surface area (Å²) in [5, 5.41) is 10.3. The van der Waals surface area contributed by atoms with Gasteiger partial charge in [0, 0.05) is 5.69 Å². The molecular formula is C18H22N2O5S2. The van der Waals surface area contributed by atoms with Gasteiger partial charge in [0.25, 0.3) is 10.0 Å². The average molecular weight is 411 g/mol. The Morgan fingerprint density at radius 3 is 2.19 bits per heavy atom. The Bertz CT molecular complexity index is 1060. The largest absolute Gasteiger partial charge is 0.399 e. The zero-order chi connectivity index (χ0) is 20.0. The molecule has 1 aliphatic rings. The van der Waals surface area contributed by atoms with Crippen LogP contribution in [0.1, 0.15) is 11.1 Å². The van der Waals surface area contributed by atoms with Gasteiger partial charge in [0.1, 0.15) is 0 Å². The molecule has 7 nitrogen and oxygen atoms in total. The van der Waals surface area contributed by atoms with Crippen molar-refractivity contribution in [2.75, 3.05) is 21.5 Å². The quantitative estimate of drug-likeness (QED) is 0.732. The molecule has 1 aliphatic heterocycles. The summed E-state index contributed by atoms with van der Waals surface area (Å²) in [6.07, 6.45) is -1.31. The van der Waals surface area contributed by atoms with Crippen LogP contribution in [0.25, 0.3) is 0 Å². The molecule has 3 rings (SSSR count). The number of sulfonamides is 1. The molecule has 0 spiro atoms. The molecule has 0 unspecified atom stereocenters. The lowest BCUT2D eigenvalue weighted by Gasteiger charge is -2.31. The van der Waals surface area contributed by atoms with Gasteiger partial charge in [-0.15, -0.1) is 0 Å². The van der Waals surface area contributed by atoms with Gasteiger partial charge in [0.2, 0.25) is 0 Å². The lowest BCUT2D eigenvalue weighted by molar-refractivity contribution is 0.184. The Labute approximate surface area is 159 Å². The lowest BCUT2D eigenvalue weighted by atomic mass is 10.1. The monoisotopic (exact) mass is 410 g/mol. The summed E-state index contributed by atoms with van der Waals surface area (Å²) in [5.74, 6) is -0.909. The van der Waals surface area contributed by atoms with Gasteiger partial charge in [-0.1, -0.05) is 6.07 Å². The summed E-state index contributed by atoms with van der Waals surface area (Å²) < 4.78 is 51.8. The molecule has 2 atom stereocenters. The number of nitrogens with two attached hydrogens (primary N) is 1. The van der Waals surface area contributed by atoms with Gasteiger partial charge in [-0.2, -0.15) is 0 Å². The fourth-order valence-corrected chi connectivity index (χ4v) is 6.78. The van der Waals surface area contributed by atoms with Gasteiger partial charge in [-0.25, -0.2) is 16.8 Å². The van der Waals surface area contributed by atoms with Crippen molar-refractivity contribution in [1.29, 1.82) is 0 Å². The van der Waals surface area contributed by atoms with Crippen LogP contribution in [0.4, 0.5) is 11.4 Å². The number of aliphatic hydroxyl groups excluding tert-OH is 1. The van der Waals surface area contributed by atoms with Gasteiger partial charge in [0.15, 0.2) is 9.84 Å². The van der Waals surface area contributed by atoms with E-state index in [2.05, 4.69) is 0 Å². The van der Waals surface area contributed by atoms with E-state index in [4.69, 9.17) is 5.73 Å². The number of rotatable bonds is 4. The summed E-state index contributed by atoms with van der Waals surface area (Å²) in [4.78, 5) is 0.0407. The van der Waals surface area contributed by atoms with Crippen LogP contribution in [0, 0.1) is 13.8 Å². The minimum absolute atomic E-state index is 0.0407. The van der Waals surface area contributed by atoms with Crippen molar-refractivity contribution in [3.8, 4) is 0 Å². The molecule has 27 heavy (non-hydrogen) atoms. The van der Waals surface area contributed by atoms with Gasteiger partial charge in [-0.3, -0.25) is 4.31 Å². The molecule has 0 saturated carbocycles. The normalized spacial score (nSPS) is 21.9. The maximum Gasteiger partial charge on any atom is 0.264 e. The fourth-order valence-electron chi connectivity index (χ4n) is 3.15.